The summed E-state index contributed by atoms with van der Waals surface area (Å²) in [7, 11) is 0. The largest absolute Gasteiger partial charge is 0.476 e. The first-order valence-corrected chi connectivity index (χ1v) is 7.68. The van der Waals surface area contributed by atoms with Crippen LogP contribution in [0.2, 0.25) is 0 Å². The predicted octanol–water partition coefficient (Wildman–Crippen LogP) is 2.75. The van der Waals surface area contributed by atoms with E-state index in [0.717, 1.165) is 0 Å². The van der Waals surface area contributed by atoms with Crippen molar-refractivity contribution in [1.82, 2.24) is 5.32 Å². The van der Waals surface area contributed by atoms with Gasteiger partial charge in [0.15, 0.2) is 11.9 Å². The second-order valence-corrected chi connectivity index (χ2v) is 5.45. The van der Waals surface area contributed by atoms with Crippen molar-refractivity contribution >= 4 is 11.6 Å². The second kappa shape index (κ2) is 8.49. The summed E-state index contributed by atoms with van der Waals surface area (Å²) >= 11 is 0. The Morgan fingerprint density at radius 3 is 2.33 bits per heavy atom. The number of hydrogen-bond acceptors (Lipinski definition) is 5. The molecule has 144 valence electrons. The van der Waals surface area contributed by atoms with Crippen LogP contribution in [-0.4, -0.2) is 34.8 Å². The van der Waals surface area contributed by atoms with Gasteiger partial charge >= 0.3 is 17.8 Å². The van der Waals surface area contributed by atoms with E-state index in [4.69, 9.17) is 4.74 Å². The van der Waals surface area contributed by atoms with Crippen LogP contribution in [0.5, 0.6) is 5.75 Å². The number of amides is 1. The monoisotopic (exact) mass is 384 g/mol. The maximum Gasteiger partial charge on any atom is 0.471 e. The molecule has 0 fully saturated rings. The van der Waals surface area contributed by atoms with Crippen molar-refractivity contribution in [2.45, 2.75) is 18.4 Å². The molecule has 2 aromatic rings. The van der Waals surface area contributed by atoms with Crippen LogP contribution in [0, 0.1) is 10.1 Å². The molecular formula is C17H15F3N2O5. The van der Waals surface area contributed by atoms with Crippen LogP contribution < -0.4 is 10.1 Å². The molecule has 2 rings (SSSR count). The first kappa shape index (κ1) is 20.2. The van der Waals surface area contributed by atoms with Crippen molar-refractivity contribution in [3.05, 3.63) is 70.3 Å². The molecule has 0 aliphatic heterocycles. The van der Waals surface area contributed by atoms with E-state index in [-0.39, 0.29) is 11.4 Å². The second-order valence-electron chi connectivity index (χ2n) is 5.45. The average Bonchev–Trinajstić information content (AvgIpc) is 2.64. The molecular weight excluding hydrogens is 369 g/mol. The molecule has 0 bridgehead atoms. The lowest BCUT2D eigenvalue weighted by atomic mass is 10.0. The Morgan fingerprint density at radius 2 is 1.74 bits per heavy atom. The molecule has 0 spiro atoms. The molecule has 0 aromatic heterocycles. The zero-order valence-corrected chi connectivity index (χ0v) is 13.7. The van der Waals surface area contributed by atoms with E-state index in [9.17, 15) is 33.2 Å². The number of carbonyl (C=O) groups is 1. The van der Waals surface area contributed by atoms with Crippen LogP contribution in [0.1, 0.15) is 11.7 Å². The van der Waals surface area contributed by atoms with Crippen LogP contribution in [-0.2, 0) is 4.79 Å². The first-order chi connectivity index (χ1) is 12.7. The maximum atomic E-state index is 12.3. The number of nitro groups is 1. The number of para-hydroxylation sites is 2. The van der Waals surface area contributed by atoms with Crippen molar-refractivity contribution in [3.8, 4) is 5.75 Å². The normalized spacial score (nSPS) is 13.5. The molecule has 0 aliphatic carbocycles. The molecule has 0 radical (unpaired) electrons. The molecule has 2 N–H and O–H groups in total. The Labute approximate surface area is 151 Å². The van der Waals surface area contributed by atoms with Gasteiger partial charge in [0.05, 0.1) is 4.92 Å². The van der Waals surface area contributed by atoms with Crippen molar-refractivity contribution < 1.29 is 32.7 Å². The minimum atomic E-state index is -5.10. The highest BCUT2D eigenvalue weighted by Gasteiger charge is 2.39. The summed E-state index contributed by atoms with van der Waals surface area (Å²) in [6.45, 7) is -0.765. The number of rotatable bonds is 7. The summed E-state index contributed by atoms with van der Waals surface area (Å²) in [5.74, 6) is -2.38. The van der Waals surface area contributed by atoms with E-state index >= 15 is 0 Å². The number of carbonyl (C=O) groups excluding carboxylic acids is 1. The van der Waals surface area contributed by atoms with Crippen LogP contribution in [0.15, 0.2) is 54.6 Å². The molecule has 0 heterocycles. The lowest BCUT2D eigenvalue weighted by molar-refractivity contribution is -0.386. The number of nitro benzene ring substituents is 1. The van der Waals surface area contributed by atoms with Crippen molar-refractivity contribution in [3.63, 3.8) is 0 Å². The Balaban J connectivity index is 2.25. The van der Waals surface area contributed by atoms with Crippen molar-refractivity contribution in [2.75, 3.05) is 6.54 Å². The maximum absolute atomic E-state index is 12.3. The minimum Gasteiger partial charge on any atom is -0.476 e. The Morgan fingerprint density at radius 1 is 1.15 bits per heavy atom. The lowest BCUT2D eigenvalue weighted by Gasteiger charge is -2.25. The highest BCUT2D eigenvalue weighted by atomic mass is 19.4. The summed E-state index contributed by atoms with van der Waals surface area (Å²) in [5, 5.41) is 23.0. The number of hydrogen-bond donors (Lipinski definition) is 2. The number of halogens is 3. The van der Waals surface area contributed by atoms with Gasteiger partial charge in [0.25, 0.3) is 0 Å². The van der Waals surface area contributed by atoms with Gasteiger partial charge in [0.1, 0.15) is 6.10 Å². The summed E-state index contributed by atoms with van der Waals surface area (Å²) in [6, 6.07) is 13.3. The molecule has 1 amide bonds. The summed E-state index contributed by atoms with van der Waals surface area (Å²) < 4.78 is 42.5. The van der Waals surface area contributed by atoms with E-state index in [1.54, 1.807) is 23.5 Å². The summed E-state index contributed by atoms with van der Waals surface area (Å²) in [6.07, 6.45) is -7.94. The fourth-order valence-electron chi connectivity index (χ4n) is 2.26. The molecule has 10 heteroatoms. The number of aliphatic hydroxyl groups is 1. The Hall–Kier alpha value is -3.14. The highest BCUT2D eigenvalue weighted by molar-refractivity contribution is 5.81. The molecule has 2 aromatic carbocycles. The third kappa shape index (κ3) is 5.42. The standard InChI is InChI=1S/C17H15F3N2O5/c18-17(19,20)16(24)21-10-13(23)15(11-6-2-1-3-7-11)27-14-9-5-4-8-12(14)22(25)26/h1-9,13,15,23H,10H2,(H,21,24)/t13-,15+/m0/s1. The van der Waals surface area contributed by atoms with E-state index < -0.39 is 35.8 Å². The molecule has 7 nitrogen and oxygen atoms in total. The third-order valence-electron chi connectivity index (χ3n) is 3.52. The lowest BCUT2D eigenvalue weighted by Crippen LogP contribution is -2.43. The van der Waals surface area contributed by atoms with E-state index in [1.165, 1.54) is 36.4 Å². The number of ether oxygens (including phenoxy) is 1. The molecule has 0 saturated heterocycles. The van der Waals surface area contributed by atoms with Gasteiger partial charge in [0, 0.05) is 12.6 Å². The van der Waals surface area contributed by atoms with Gasteiger partial charge < -0.3 is 15.2 Å². The van der Waals surface area contributed by atoms with Gasteiger partial charge in [-0.1, -0.05) is 42.5 Å². The topological polar surface area (TPSA) is 102 Å². The van der Waals surface area contributed by atoms with Crippen molar-refractivity contribution in [2.24, 2.45) is 0 Å². The van der Waals surface area contributed by atoms with Crippen LogP contribution in [0.4, 0.5) is 18.9 Å². The third-order valence-corrected chi connectivity index (χ3v) is 3.52. The van der Waals surface area contributed by atoms with E-state index in [0.29, 0.717) is 5.56 Å². The zero-order chi connectivity index (χ0) is 20.0. The molecule has 0 aliphatic rings. The summed E-state index contributed by atoms with van der Waals surface area (Å²) in [4.78, 5) is 21.4. The van der Waals surface area contributed by atoms with Gasteiger partial charge in [-0.3, -0.25) is 14.9 Å². The fourth-order valence-corrected chi connectivity index (χ4v) is 2.26. The fraction of sp³-hybridized carbons (Fsp3) is 0.235. The van der Waals surface area contributed by atoms with Crippen LogP contribution >= 0.6 is 0 Å². The summed E-state index contributed by atoms with van der Waals surface area (Å²) in [5.41, 5.74) is -0.00522. The number of alkyl halides is 3. The molecule has 27 heavy (non-hydrogen) atoms. The van der Waals surface area contributed by atoms with Gasteiger partial charge in [-0.25, -0.2) is 0 Å². The van der Waals surface area contributed by atoms with Gasteiger partial charge in [-0.2, -0.15) is 13.2 Å². The Bertz CT molecular complexity index is 799. The number of benzene rings is 2. The molecule has 0 saturated carbocycles. The number of nitrogens with one attached hydrogen (secondary N) is 1. The number of nitrogens with zero attached hydrogens (tertiary/aromatic N) is 1. The SMILES string of the molecule is O=C(NC[C@H](O)[C@H](Oc1ccccc1[N+](=O)[O-])c1ccccc1)C(F)(F)F. The van der Waals surface area contributed by atoms with Crippen molar-refractivity contribution in [1.29, 1.82) is 0 Å². The van der Waals surface area contributed by atoms with E-state index in [1.807, 2.05) is 0 Å². The molecule has 2 atom stereocenters. The molecule has 0 unspecified atom stereocenters. The smallest absolute Gasteiger partial charge is 0.471 e. The quantitative estimate of drug-likeness (QED) is 0.565. The van der Waals surface area contributed by atoms with Gasteiger partial charge in [-0.15, -0.1) is 0 Å². The van der Waals surface area contributed by atoms with Crippen LogP contribution in [0.25, 0.3) is 0 Å². The Kier molecular flexibility index (Phi) is 6.35. The number of aliphatic hydroxyl groups excluding tert-OH is 1. The van der Waals surface area contributed by atoms with Crippen LogP contribution in [0.3, 0.4) is 0 Å². The zero-order valence-electron chi connectivity index (χ0n) is 13.7. The minimum absolute atomic E-state index is 0.169. The van der Waals surface area contributed by atoms with Gasteiger partial charge in [-0.05, 0) is 11.6 Å². The van der Waals surface area contributed by atoms with Gasteiger partial charge in [0.2, 0.25) is 0 Å². The first-order valence-electron chi connectivity index (χ1n) is 7.68. The average molecular weight is 384 g/mol. The highest BCUT2D eigenvalue weighted by Crippen LogP contribution is 2.32. The predicted molar refractivity (Wildman–Crippen MR) is 88.0 cm³/mol. The van der Waals surface area contributed by atoms with E-state index in [2.05, 4.69) is 0 Å².